The van der Waals surface area contributed by atoms with Crippen molar-refractivity contribution in [3.05, 3.63) is 41.7 Å². The molecule has 0 radical (unpaired) electrons. The molecule has 1 saturated heterocycles. The molecule has 0 bridgehead atoms. The molecule has 2 aromatic rings. The Morgan fingerprint density at radius 2 is 2.09 bits per heavy atom. The molecule has 122 valence electrons. The molecular formula is C17H23N5O. The van der Waals surface area contributed by atoms with Crippen LogP contribution in [0.4, 0.5) is 0 Å². The van der Waals surface area contributed by atoms with E-state index in [9.17, 15) is 4.79 Å². The Morgan fingerprint density at radius 1 is 1.35 bits per heavy atom. The molecule has 6 nitrogen and oxygen atoms in total. The molecule has 0 spiro atoms. The molecule has 2 atom stereocenters. The van der Waals surface area contributed by atoms with Crippen LogP contribution in [0, 0.1) is 12.8 Å². The fourth-order valence-corrected chi connectivity index (χ4v) is 3.19. The average molecular weight is 313 g/mol. The first-order chi connectivity index (χ1) is 11.1. The largest absolute Gasteiger partial charge is 0.333 e. The van der Waals surface area contributed by atoms with Gasteiger partial charge in [0.15, 0.2) is 5.69 Å². The van der Waals surface area contributed by atoms with Crippen molar-refractivity contribution in [3.8, 4) is 5.69 Å². The number of hydrogen-bond acceptors (Lipinski definition) is 4. The van der Waals surface area contributed by atoms with Crippen LogP contribution in [0.5, 0.6) is 0 Å². The number of piperidine rings is 1. The summed E-state index contributed by atoms with van der Waals surface area (Å²) in [5.41, 5.74) is 8.32. The standard InChI is InChI=1S/C17H23N5O/c1-12-5-7-14(8-6-12)22-11-15(19-20-22)17(23)21-9-3-4-13(2)16(21)10-18/h5-8,11,13,16H,3-4,9-10,18H2,1-2H3/t13-,16-/m1/s1. The molecule has 23 heavy (non-hydrogen) atoms. The number of aryl methyl sites for hydroxylation is 1. The summed E-state index contributed by atoms with van der Waals surface area (Å²) >= 11 is 0. The second kappa shape index (κ2) is 6.50. The molecule has 0 unspecified atom stereocenters. The second-order valence-corrected chi connectivity index (χ2v) is 6.31. The first-order valence-electron chi connectivity index (χ1n) is 8.10. The molecular weight excluding hydrogens is 290 g/mol. The number of amides is 1. The van der Waals surface area contributed by atoms with E-state index in [1.165, 1.54) is 5.56 Å². The van der Waals surface area contributed by atoms with E-state index in [-0.39, 0.29) is 11.9 Å². The SMILES string of the molecule is Cc1ccc(-n2cc(C(=O)N3CCC[C@@H](C)[C@H]3CN)nn2)cc1. The number of carbonyl (C=O) groups is 1. The molecule has 2 heterocycles. The van der Waals surface area contributed by atoms with E-state index in [1.54, 1.807) is 10.9 Å². The molecule has 1 fully saturated rings. The number of likely N-dealkylation sites (tertiary alicyclic amines) is 1. The highest BCUT2D eigenvalue weighted by Gasteiger charge is 2.32. The van der Waals surface area contributed by atoms with Gasteiger partial charge in [0.05, 0.1) is 11.9 Å². The van der Waals surface area contributed by atoms with Crippen molar-refractivity contribution in [2.24, 2.45) is 11.7 Å². The van der Waals surface area contributed by atoms with E-state index in [1.807, 2.05) is 36.1 Å². The van der Waals surface area contributed by atoms with Crippen LogP contribution in [0.1, 0.15) is 35.8 Å². The third kappa shape index (κ3) is 3.12. The summed E-state index contributed by atoms with van der Waals surface area (Å²) in [6, 6.07) is 8.03. The van der Waals surface area contributed by atoms with Gasteiger partial charge in [-0.05, 0) is 37.8 Å². The third-order valence-electron chi connectivity index (χ3n) is 4.63. The Kier molecular flexibility index (Phi) is 4.43. The number of aromatic nitrogens is 3. The van der Waals surface area contributed by atoms with Crippen LogP contribution in [-0.2, 0) is 0 Å². The maximum absolute atomic E-state index is 12.8. The number of benzene rings is 1. The van der Waals surface area contributed by atoms with Gasteiger partial charge in [-0.25, -0.2) is 4.68 Å². The van der Waals surface area contributed by atoms with E-state index in [4.69, 9.17) is 5.73 Å². The minimum absolute atomic E-state index is 0.0784. The van der Waals surface area contributed by atoms with Gasteiger partial charge in [0.25, 0.3) is 5.91 Å². The van der Waals surface area contributed by atoms with Crippen LogP contribution in [0.2, 0.25) is 0 Å². The van der Waals surface area contributed by atoms with Crippen molar-refractivity contribution in [1.82, 2.24) is 19.9 Å². The summed E-state index contributed by atoms with van der Waals surface area (Å²) in [5, 5.41) is 8.15. The topological polar surface area (TPSA) is 77.0 Å². The zero-order valence-electron chi connectivity index (χ0n) is 13.6. The highest BCUT2D eigenvalue weighted by atomic mass is 16.2. The van der Waals surface area contributed by atoms with Crippen LogP contribution in [0.3, 0.4) is 0 Å². The number of hydrogen-bond donors (Lipinski definition) is 1. The highest BCUT2D eigenvalue weighted by molar-refractivity contribution is 5.92. The number of nitrogens with two attached hydrogens (primary N) is 1. The van der Waals surface area contributed by atoms with Crippen LogP contribution in [0.25, 0.3) is 5.69 Å². The molecule has 1 aliphatic rings. The van der Waals surface area contributed by atoms with E-state index in [0.717, 1.165) is 25.1 Å². The van der Waals surface area contributed by atoms with Crippen molar-refractivity contribution < 1.29 is 4.79 Å². The smallest absolute Gasteiger partial charge is 0.276 e. The Morgan fingerprint density at radius 3 is 2.78 bits per heavy atom. The van der Waals surface area contributed by atoms with Crippen LogP contribution in [-0.4, -0.2) is 44.9 Å². The van der Waals surface area contributed by atoms with Crippen molar-refractivity contribution in [3.63, 3.8) is 0 Å². The van der Waals surface area contributed by atoms with Crippen molar-refractivity contribution in [2.45, 2.75) is 32.7 Å². The third-order valence-corrected chi connectivity index (χ3v) is 4.63. The van der Waals surface area contributed by atoms with E-state index in [2.05, 4.69) is 17.2 Å². The maximum atomic E-state index is 12.8. The highest BCUT2D eigenvalue weighted by Crippen LogP contribution is 2.24. The molecule has 2 N–H and O–H groups in total. The number of carbonyl (C=O) groups excluding carboxylic acids is 1. The predicted octanol–water partition coefficient (Wildman–Crippen LogP) is 1.78. The molecule has 0 saturated carbocycles. The summed E-state index contributed by atoms with van der Waals surface area (Å²) in [7, 11) is 0. The summed E-state index contributed by atoms with van der Waals surface area (Å²) in [5.74, 6) is 0.343. The van der Waals surface area contributed by atoms with Gasteiger partial charge in [-0.1, -0.05) is 29.8 Å². The van der Waals surface area contributed by atoms with Gasteiger partial charge >= 0.3 is 0 Å². The van der Waals surface area contributed by atoms with Gasteiger partial charge in [-0.3, -0.25) is 4.79 Å². The lowest BCUT2D eigenvalue weighted by Crippen LogP contribution is -2.51. The summed E-state index contributed by atoms with van der Waals surface area (Å²) in [6.45, 7) is 5.41. The van der Waals surface area contributed by atoms with Gasteiger partial charge in [-0.2, -0.15) is 0 Å². The monoisotopic (exact) mass is 313 g/mol. The first-order valence-corrected chi connectivity index (χ1v) is 8.10. The normalized spacial score (nSPS) is 21.4. The fourth-order valence-electron chi connectivity index (χ4n) is 3.19. The second-order valence-electron chi connectivity index (χ2n) is 6.31. The molecule has 1 amide bonds. The van der Waals surface area contributed by atoms with E-state index >= 15 is 0 Å². The number of nitrogens with zero attached hydrogens (tertiary/aromatic N) is 4. The Labute approximate surface area is 136 Å². The van der Waals surface area contributed by atoms with Crippen LogP contribution in [0.15, 0.2) is 30.5 Å². The zero-order valence-corrected chi connectivity index (χ0v) is 13.6. The molecule has 3 rings (SSSR count). The van der Waals surface area contributed by atoms with Gasteiger partial charge in [0.1, 0.15) is 0 Å². The summed E-state index contributed by atoms with van der Waals surface area (Å²) in [4.78, 5) is 14.6. The molecule has 1 aromatic carbocycles. The summed E-state index contributed by atoms with van der Waals surface area (Å²) in [6.07, 6.45) is 3.82. The molecule has 0 aliphatic carbocycles. The van der Waals surface area contributed by atoms with Crippen molar-refractivity contribution >= 4 is 5.91 Å². The predicted molar refractivity (Wildman–Crippen MR) is 88.4 cm³/mol. The van der Waals surface area contributed by atoms with Gasteiger partial charge in [0, 0.05) is 19.1 Å². The Balaban J connectivity index is 1.82. The van der Waals surface area contributed by atoms with E-state index in [0.29, 0.717) is 18.2 Å². The quantitative estimate of drug-likeness (QED) is 0.937. The van der Waals surface area contributed by atoms with Crippen molar-refractivity contribution in [1.29, 1.82) is 0 Å². The number of rotatable bonds is 3. The first kappa shape index (κ1) is 15.7. The minimum atomic E-state index is -0.0784. The molecule has 1 aromatic heterocycles. The van der Waals surface area contributed by atoms with Crippen LogP contribution >= 0.6 is 0 Å². The molecule has 1 aliphatic heterocycles. The van der Waals surface area contributed by atoms with Gasteiger partial charge < -0.3 is 10.6 Å². The fraction of sp³-hybridized carbons (Fsp3) is 0.471. The summed E-state index contributed by atoms with van der Waals surface area (Å²) < 4.78 is 1.64. The average Bonchev–Trinajstić information content (AvgIpc) is 3.04. The van der Waals surface area contributed by atoms with Crippen molar-refractivity contribution in [2.75, 3.05) is 13.1 Å². The van der Waals surface area contributed by atoms with Gasteiger partial charge in [0.2, 0.25) is 0 Å². The van der Waals surface area contributed by atoms with E-state index < -0.39 is 0 Å². The zero-order chi connectivity index (χ0) is 16.4. The maximum Gasteiger partial charge on any atom is 0.276 e. The lowest BCUT2D eigenvalue weighted by atomic mass is 9.90. The minimum Gasteiger partial charge on any atom is -0.333 e. The Bertz CT molecular complexity index is 679. The Hall–Kier alpha value is -2.21. The van der Waals surface area contributed by atoms with Gasteiger partial charge in [-0.15, -0.1) is 5.10 Å². The lowest BCUT2D eigenvalue weighted by Gasteiger charge is -2.39. The lowest BCUT2D eigenvalue weighted by molar-refractivity contribution is 0.0526. The molecule has 6 heteroatoms. The van der Waals surface area contributed by atoms with Crippen LogP contribution < -0.4 is 5.73 Å².